The zero-order chi connectivity index (χ0) is 15.3. The van der Waals surface area contributed by atoms with Crippen molar-refractivity contribution in [3.05, 3.63) is 35.9 Å². The summed E-state index contributed by atoms with van der Waals surface area (Å²) in [6.07, 6.45) is 1.80. The van der Waals surface area contributed by atoms with E-state index in [2.05, 4.69) is 7.05 Å². The first-order valence-corrected chi connectivity index (χ1v) is 7.67. The van der Waals surface area contributed by atoms with Gasteiger partial charge in [-0.15, -0.1) is 0 Å². The number of quaternary nitrogens is 1. The van der Waals surface area contributed by atoms with Crippen LogP contribution in [0.4, 0.5) is 0 Å². The van der Waals surface area contributed by atoms with Crippen molar-refractivity contribution in [2.75, 3.05) is 41.0 Å². The maximum Gasteiger partial charge on any atom is 0.128 e. The van der Waals surface area contributed by atoms with Crippen LogP contribution in [0.1, 0.15) is 24.5 Å². The van der Waals surface area contributed by atoms with Gasteiger partial charge in [0.2, 0.25) is 0 Å². The molecule has 0 unspecified atom stereocenters. The molecule has 3 atom stereocenters. The molecule has 0 aliphatic carbocycles. The van der Waals surface area contributed by atoms with Crippen LogP contribution in [-0.4, -0.2) is 62.7 Å². The van der Waals surface area contributed by atoms with E-state index in [1.165, 1.54) is 0 Å². The summed E-state index contributed by atoms with van der Waals surface area (Å²) in [4.78, 5) is 0. The second-order valence-electron chi connectivity index (χ2n) is 6.25. The van der Waals surface area contributed by atoms with Gasteiger partial charge in [-0.1, -0.05) is 30.3 Å². The van der Waals surface area contributed by atoms with Crippen LogP contribution in [0.15, 0.2) is 30.3 Å². The molecule has 2 rings (SSSR count). The van der Waals surface area contributed by atoms with Crippen LogP contribution in [0.3, 0.4) is 0 Å². The molecule has 1 N–H and O–H groups in total. The van der Waals surface area contributed by atoms with Gasteiger partial charge in [0.1, 0.15) is 24.7 Å². The molecular weight excluding hydrogens is 266 g/mol. The third kappa shape index (κ3) is 3.64. The van der Waals surface area contributed by atoms with Crippen molar-refractivity contribution in [2.24, 2.45) is 0 Å². The number of likely N-dealkylation sites (tertiary alicyclic amines) is 1. The van der Waals surface area contributed by atoms with Gasteiger partial charge in [0.05, 0.1) is 20.3 Å². The fourth-order valence-corrected chi connectivity index (χ4v) is 3.62. The highest BCUT2D eigenvalue weighted by Crippen LogP contribution is 2.34. The Morgan fingerprint density at radius 1 is 1.10 bits per heavy atom. The second-order valence-corrected chi connectivity index (χ2v) is 6.25. The predicted molar refractivity (Wildman–Crippen MR) is 83.0 cm³/mol. The Kier molecular flexibility index (Phi) is 5.76. The zero-order valence-corrected chi connectivity index (χ0v) is 13.4. The molecule has 118 valence electrons. The van der Waals surface area contributed by atoms with Crippen molar-refractivity contribution in [1.29, 1.82) is 0 Å². The van der Waals surface area contributed by atoms with E-state index in [0.29, 0.717) is 18.6 Å². The molecule has 0 amide bonds. The smallest absolute Gasteiger partial charge is 0.128 e. The summed E-state index contributed by atoms with van der Waals surface area (Å²) in [5.74, 6) is 0. The van der Waals surface area contributed by atoms with Crippen LogP contribution in [-0.2, 0) is 9.47 Å². The Bertz CT molecular complexity index is 409. The van der Waals surface area contributed by atoms with Gasteiger partial charge in [0, 0.05) is 27.1 Å². The topological polar surface area (TPSA) is 38.7 Å². The quantitative estimate of drug-likeness (QED) is 0.782. The number of nitrogens with zero attached hydrogens (tertiary/aromatic N) is 1. The molecule has 0 saturated carbocycles. The highest BCUT2D eigenvalue weighted by Gasteiger charge is 2.47. The minimum Gasteiger partial charge on any atom is -0.382 e. The average Bonchev–Trinajstić information content (AvgIpc) is 2.78. The van der Waals surface area contributed by atoms with Crippen LogP contribution in [0.25, 0.3) is 0 Å². The Balaban J connectivity index is 2.14. The molecule has 0 radical (unpaired) electrons. The number of ether oxygens (including phenoxy) is 2. The van der Waals surface area contributed by atoms with Crippen molar-refractivity contribution in [2.45, 2.75) is 31.0 Å². The highest BCUT2D eigenvalue weighted by molar-refractivity contribution is 5.17. The Morgan fingerprint density at radius 3 is 2.10 bits per heavy atom. The lowest BCUT2D eigenvalue weighted by Gasteiger charge is -2.42. The number of aliphatic hydroxyl groups is 1. The minimum atomic E-state index is -0.451. The van der Waals surface area contributed by atoms with Crippen LogP contribution in [0, 0.1) is 0 Å². The first-order valence-electron chi connectivity index (χ1n) is 7.67. The van der Waals surface area contributed by atoms with E-state index in [-0.39, 0.29) is 0 Å². The van der Waals surface area contributed by atoms with Crippen molar-refractivity contribution in [3.8, 4) is 0 Å². The molecule has 0 spiro atoms. The lowest BCUT2D eigenvalue weighted by atomic mass is 10.1. The summed E-state index contributed by atoms with van der Waals surface area (Å²) in [6.45, 7) is 2.17. The fraction of sp³-hybridized carbons (Fsp3) is 0.647. The van der Waals surface area contributed by atoms with Crippen molar-refractivity contribution < 1.29 is 19.1 Å². The number of hydrogen-bond donors (Lipinski definition) is 1. The molecule has 1 saturated heterocycles. The lowest BCUT2D eigenvalue weighted by Crippen LogP contribution is -2.58. The van der Waals surface area contributed by atoms with E-state index in [1.54, 1.807) is 14.2 Å². The molecule has 0 bridgehead atoms. The maximum atomic E-state index is 10.6. The molecule has 1 aliphatic heterocycles. The van der Waals surface area contributed by atoms with Crippen LogP contribution < -0.4 is 0 Å². The van der Waals surface area contributed by atoms with Crippen LogP contribution in [0.2, 0.25) is 0 Å². The molecule has 1 fully saturated rings. The van der Waals surface area contributed by atoms with Gasteiger partial charge >= 0.3 is 0 Å². The molecule has 0 aromatic heterocycles. The molecule has 21 heavy (non-hydrogen) atoms. The van der Waals surface area contributed by atoms with Crippen molar-refractivity contribution in [1.82, 2.24) is 0 Å². The lowest BCUT2D eigenvalue weighted by molar-refractivity contribution is -0.947. The Morgan fingerprint density at radius 2 is 1.62 bits per heavy atom. The summed E-state index contributed by atoms with van der Waals surface area (Å²) in [6, 6.07) is 10.8. The number of methoxy groups -OCH3 is 2. The number of benzene rings is 1. The van der Waals surface area contributed by atoms with E-state index in [9.17, 15) is 5.11 Å². The van der Waals surface area contributed by atoms with Gasteiger partial charge in [-0.25, -0.2) is 0 Å². The summed E-state index contributed by atoms with van der Waals surface area (Å²) >= 11 is 0. The first kappa shape index (κ1) is 16.4. The van der Waals surface area contributed by atoms with E-state index >= 15 is 0 Å². The first-order chi connectivity index (χ1) is 10.1. The number of hydrogen-bond acceptors (Lipinski definition) is 3. The van der Waals surface area contributed by atoms with Crippen LogP contribution >= 0.6 is 0 Å². The summed E-state index contributed by atoms with van der Waals surface area (Å²) in [5, 5.41) is 10.6. The van der Waals surface area contributed by atoms with Crippen molar-refractivity contribution in [3.63, 3.8) is 0 Å². The largest absolute Gasteiger partial charge is 0.382 e. The van der Waals surface area contributed by atoms with Gasteiger partial charge in [-0.3, -0.25) is 0 Å². The van der Waals surface area contributed by atoms with Gasteiger partial charge < -0.3 is 19.1 Å². The van der Waals surface area contributed by atoms with E-state index in [4.69, 9.17) is 9.47 Å². The van der Waals surface area contributed by atoms with Crippen LogP contribution in [0.5, 0.6) is 0 Å². The monoisotopic (exact) mass is 294 g/mol. The highest BCUT2D eigenvalue weighted by atomic mass is 16.5. The molecule has 1 aromatic rings. The second kappa shape index (κ2) is 7.36. The Hall–Kier alpha value is -0.940. The van der Waals surface area contributed by atoms with Gasteiger partial charge in [0.15, 0.2) is 0 Å². The minimum absolute atomic E-state index is 0.425. The molecule has 4 heteroatoms. The molecule has 1 heterocycles. The number of rotatable bonds is 7. The fourth-order valence-electron chi connectivity index (χ4n) is 3.62. The molecule has 1 aromatic carbocycles. The number of likely N-dealkylation sites (N-methyl/N-ethyl adjacent to an activating group) is 1. The normalized spacial score (nSPS) is 25.9. The molecular formula is C17H28NO3+. The zero-order valence-electron chi connectivity index (χ0n) is 13.4. The van der Waals surface area contributed by atoms with Gasteiger partial charge in [0.25, 0.3) is 0 Å². The van der Waals surface area contributed by atoms with Gasteiger partial charge in [-0.2, -0.15) is 0 Å². The van der Waals surface area contributed by atoms with E-state index in [1.807, 2.05) is 30.3 Å². The third-order valence-electron chi connectivity index (χ3n) is 4.97. The number of aliphatic hydroxyl groups excluding tert-OH is 1. The average molecular weight is 294 g/mol. The van der Waals surface area contributed by atoms with E-state index < -0.39 is 6.10 Å². The third-order valence-corrected chi connectivity index (χ3v) is 4.97. The summed E-state index contributed by atoms with van der Waals surface area (Å²) < 4.78 is 11.6. The maximum absolute atomic E-state index is 10.6. The summed E-state index contributed by atoms with van der Waals surface area (Å²) in [7, 11) is 5.73. The molecule has 1 aliphatic rings. The standard InChI is InChI=1S/C17H28NO3/c1-18(11-17(19)14-7-5-4-6-8-14)15(12-20-2)9-10-16(18)13-21-3/h4-8,15-17,19H,9-13H2,1-3H3/q+1/t15-,16-,17+/m1/s1. The molecule has 4 nitrogen and oxygen atoms in total. The summed E-state index contributed by atoms with van der Waals surface area (Å²) in [5.41, 5.74) is 0.982. The Labute approximate surface area is 127 Å². The predicted octanol–water partition coefficient (Wildman–Crippen LogP) is 1.99. The van der Waals surface area contributed by atoms with Gasteiger partial charge in [-0.05, 0) is 5.56 Å². The SMILES string of the molecule is COC[C@H]1CC[C@H](COC)[N+]1(C)C[C@H](O)c1ccccc1. The van der Waals surface area contributed by atoms with E-state index in [0.717, 1.165) is 36.1 Å². The van der Waals surface area contributed by atoms with Crippen molar-refractivity contribution >= 4 is 0 Å².